The molecule has 1 aromatic carbocycles. The van der Waals surface area contributed by atoms with E-state index >= 15 is 0 Å². The van der Waals surface area contributed by atoms with Crippen molar-refractivity contribution in [3.63, 3.8) is 0 Å². The summed E-state index contributed by atoms with van der Waals surface area (Å²) in [4.78, 5) is 32.7. The molecule has 0 aliphatic carbocycles. The molecule has 0 bridgehead atoms. The van der Waals surface area contributed by atoms with Gasteiger partial charge in [-0.3, -0.25) is 14.6 Å². The maximum absolute atomic E-state index is 13.2. The van der Waals surface area contributed by atoms with Gasteiger partial charge in [-0.25, -0.2) is 12.7 Å². The van der Waals surface area contributed by atoms with E-state index in [2.05, 4.69) is 4.99 Å². The highest BCUT2D eigenvalue weighted by Crippen LogP contribution is 2.49. The largest absolute Gasteiger partial charge is 0.475 e. The second-order valence-electron chi connectivity index (χ2n) is 8.82. The van der Waals surface area contributed by atoms with Crippen molar-refractivity contribution in [2.75, 3.05) is 33.1 Å². The molecule has 2 amide bonds. The number of benzene rings is 1. The third-order valence-corrected chi connectivity index (χ3v) is 7.98. The summed E-state index contributed by atoms with van der Waals surface area (Å²) in [6.45, 7) is 5.01. The predicted octanol–water partition coefficient (Wildman–Crippen LogP) is 1.78. The van der Waals surface area contributed by atoms with Gasteiger partial charge in [0.25, 0.3) is 11.8 Å². The molecule has 10 heteroatoms. The lowest BCUT2D eigenvalue weighted by molar-refractivity contribution is -0.132. The molecule has 0 saturated carbocycles. The summed E-state index contributed by atoms with van der Waals surface area (Å²) in [7, 11) is 2.32. The first-order valence-corrected chi connectivity index (χ1v) is 11.5. The second kappa shape index (κ2) is 7.01. The van der Waals surface area contributed by atoms with E-state index in [1.807, 2.05) is 0 Å². The number of carbonyl (C=O) groups is 2. The number of amides is 2. The van der Waals surface area contributed by atoms with E-state index in [0.29, 0.717) is 33.8 Å². The number of aliphatic imine (C=N–C) groups is 1. The van der Waals surface area contributed by atoms with Crippen LogP contribution in [0.5, 0.6) is 5.75 Å². The van der Waals surface area contributed by atoms with Gasteiger partial charge in [0.2, 0.25) is 10.0 Å². The molecule has 1 atom stereocenters. The lowest BCUT2D eigenvalue weighted by Gasteiger charge is -2.40. The summed E-state index contributed by atoms with van der Waals surface area (Å²) in [6.07, 6.45) is 5.04. The quantitative estimate of drug-likeness (QED) is 0.687. The Kier molecular flexibility index (Phi) is 4.87. The number of rotatable bonds is 3. The molecule has 9 nitrogen and oxygen atoms in total. The van der Waals surface area contributed by atoms with Crippen molar-refractivity contribution in [1.29, 1.82) is 0 Å². The van der Waals surface area contributed by atoms with Gasteiger partial charge in [0.05, 0.1) is 16.5 Å². The minimum absolute atomic E-state index is 0.0696. The summed E-state index contributed by atoms with van der Waals surface area (Å²) in [5, 5.41) is 0. The van der Waals surface area contributed by atoms with E-state index in [-0.39, 0.29) is 16.7 Å². The molecule has 170 valence electrons. The smallest absolute Gasteiger partial charge is 0.272 e. The fourth-order valence-corrected chi connectivity index (χ4v) is 5.44. The average Bonchev–Trinajstić information content (AvgIpc) is 3.19. The number of allylic oxidation sites excluding steroid dienone is 2. The molecule has 0 fully saturated rings. The van der Waals surface area contributed by atoms with Crippen LogP contribution in [-0.2, 0) is 19.6 Å². The maximum Gasteiger partial charge on any atom is 0.272 e. The average molecular weight is 459 g/mol. The molecule has 0 aromatic heterocycles. The SMILES string of the molecule is Cc1c(S(=O)(=O)N(C)C)cc(C2=CN(C)C(=O)C3=NC=CC23)c2c1N(C)C(=O)C(C)(C)O2. The number of hydrogen-bond donors (Lipinski definition) is 0. The van der Waals surface area contributed by atoms with Gasteiger partial charge < -0.3 is 14.5 Å². The van der Waals surface area contributed by atoms with Gasteiger partial charge in [-0.1, -0.05) is 6.08 Å². The van der Waals surface area contributed by atoms with E-state index in [1.54, 1.807) is 59.4 Å². The number of nitrogens with zero attached hydrogens (tertiary/aromatic N) is 4. The van der Waals surface area contributed by atoms with Crippen molar-refractivity contribution in [1.82, 2.24) is 9.21 Å². The fourth-order valence-electron chi connectivity index (χ4n) is 4.30. The Hall–Kier alpha value is -2.98. The minimum Gasteiger partial charge on any atom is -0.475 e. The third kappa shape index (κ3) is 3.01. The summed E-state index contributed by atoms with van der Waals surface area (Å²) in [5.41, 5.74) is 1.20. The van der Waals surface area contributed by atoms with Crippen LogP contribution in [0.15, 0.2) is 34.4 Å². The first-order valence-electron chi connectivity index (χ1n) is 10.1. The molecule has 0 saturated heterocycles. The second-order valence-corrected chi connectivity index (χ2v) is 10.9. The van der Waals surface area contributed by atoms with Crippen LogP contribution in [0, 0.1) is 12.8 Å². The molecule has 0 radical (unpaired) electrons. The van der Waals surface area contributed by atoms with Crippen molar-refractivity contribution >= 4 is 38.8 Å². The van der Waals surface area contributed by atoms with Gasteiger partial charge in [-0.15, -0.1) is 0 Å². The zero-order valence-corrected chi connectivity index (χ0v) is 19.9. The molecular weight excluding hydrogens is 432 g/mol. The highest BCUT2D eigenvalue weighted by molar-refractivity contribution is 7.89. The molecule has 32 heavy (non-hydrogen) atoms. The topological polar surface area (TPSA) is 99.6 Å². The first kappa shape index (κ1) is 22.2. The van der Waals surface area contributed by atoms with Crippen LogP contribution in [0.3, 0.4) is 0 Å². The van der Waals surface area contributed by atoms with Crippen LogP contribution in [-0.4, -0.2) is 68.9 Å². The number of sulfonamides is 1. The maximum atomic E-state index is 13.2. The number of hydrogen-bond acceptors (Lipinski definition) is 6. The van der Waals surface area contributed by atoms with Gasteiger partial charge in [-0.05, 0) is 38.0 Å². The Morgan fingerprint density at radius 2 is 1.84 bits per heavy atom. The number of fused-ring (bicyclic) bond motifs is 2. The van der Waals surface area contributed by atoms with E-state index < -0.39 is 21.5 Å². The molecule has 0 N–H and O–H groups in total. The summed E-state index contributed by atoms with van der Waals surface area (Å²) < 4.78 is 33.7. The predicted molar refractivity (Wildman–Crippen MR) is 121 cm³/mol. The van der Waals surface area contributed by atoms with E-state index in [9.17, 15) is 18.0 Å². The van der Waals surface area contributed by atoms with E-state index in [1.165, 1.54) is 23.9 Å². The minimum atomic E-state index is -3.83. The van der Waals surface area contributed by atoms with Gasteiger partial charge in [0, 0.05) is 46.2 Å². The Labute approximate surface area is 187 Å². The standard InChI is InChI=1S/C22H26N4O5S/c1-12-16(32(29,30)24(4)5)10-14(19-18(12)26(7)21(28)22(2,3)31-19)15-11-25(6)20(27)17-13(15)8-9-23-17/h8-11,13H,1-7H3. The molecular formula is C22H26N4O5S. The van der Waals surface area contributed by atoms with Crippen molar-refractivity contribution in [3.8, 4) is 5.75 Å². The normalized spacial score (nSPS) is 21.9. The van der Waals surface area contributed by atoms with Crippen LogP contribution in [0.1, 0.15) is 25.0 Å². The highest BCUT2D eigenvalue weighted by Gasteiger charge is 2.44. The van der Waals surface area contributed by atoms with Gasteiger partial charge in [-0.2, -0.15) is 0 Å². The molecule has 1 aromatic rings. The van der Waals surface area contributed by atoms with Crippen LogP contribution in [0.2, 0.25) is 0 Å². The number of ether oxygens (including phenoxy) is 1. The van der Waals surface area contributed by atoms with Crippen LogP contribution in [0.4, 0.5) is 5.69 Å². The molecule has 3 aliphatic heterocycles. The Bertz CT molecular complexity index is 1260. The van der Waals surface area contributed by atoms with Gasteiger partial charge in [0.15, 0.2) is 11.4 Å². The van der Waals surface area contributed by atoms with Crippen LogP contribution >= 0.6 is 0 Å². The fraction of sp³-hybridized carbons (Fsp3) is 0.409. The number of carbonyl (C=O) groups excluding carboxylic acids is 2. The molecule has 3 aliphatic rings. The molecule has 1 unspecified atom stereocenters. The zero-order chi connectivity index (χ0) is 23.7. The molecule has 3 heterocycles. The van der Waals surface area contributed by atoms with E-state index in [4.69, 9.17) is 4.74 Å². The molecule has 0 spiro atoms. The Balaban J connectivity index is 2.09. The van der Waals surface area contributed by atoms with Crippen molar-refractivity contribution in [3.05, 3.63) is 35.7 Å². The van der Waals surface area contributed by atoms with Crippen molar-refractivity contribution in [2.24, 2.45) is 10.9 Å². The lowest BCUT2D eigenvalue weighted by atomic mass is 9.85. The third-order valence-electron chi connectivity index (χ3n) is 6.04. The monoisotopic (exact) mass is 458 g/mol. The highest BCUT2D eigenvalue weighted by atomic mass is 32.2. The van der Waals surface area contributed by atoms with Gasteiger partial charge in [0.1, 0.15) is 5.71 Å². The first-order chi connectivity index (χ1) is 14.8. The van der Waals surface area contributed by atoms with Crippen molar-refractivity contribution in [2.45, 2.75) is 31.3 Å². The molecule has 4 rings (SSSR count). The van der Waals surface area contributed by atoms with Crippen LogP contribution < -0.4 is 9.64 Å². The van der Waals surface area contributed by atoms with Crippen molar-refractivity contribution < 1.29 is 22.7 Å². The number of anilines is 1. The Morgan fingerprint density at radius 1 is 1.19 bits per heavy atom. The van der Waals surface area contributed by atoms with E-state index in [0.717, 1.165) is 4.31 Å². The van der Waals surface area contributed by atoms with Crippen LogP contribution in [0.25, 0.3) is 5.57 Å². The Morgan fingerprint density at radius 3 is 2.47 bits per heavy atom. The van der Waals surface area contributed by atoms with Gasteiger partial charge >= 0.3 is 0 Å². The summed E-state index contributed by atoms with van der Waals surface area (Å²) >= 11 is 0. The zero-order valence-electron chi connectivity index (χ0n) is 19.1. The summed E-state index contributed by atoms with van der Waals surface area (Å²) in [6, 6.07) is 1.57. The number of likely N-dealkylation sites (N-methyl/N-ethyl adjacent to an activating group) is 1. The lowest BCUT2D eigenvalue weighted by Crippen LogP contribution is -2.51. The summed E-state index contributed by atoms with van der Waals surface area (Å²) in [5.74, 6) is -0.540.